The van der Waals surface area contributed by atoms with Gasteiger partial charge in [0, 0.05) is 23.5 Å². The van der Waals surface area contributed by atoms with Gasteiger partial charge in [-0.3, -0.25) is 10.4 Å². The zero-order valence-corrected chi connectivity index (χ0v) is 10.4. The maximum Gasteiger partial charge on any atom is 0.166 e. The van der Waals surface area contributed by atoms with Crippen LogP contribution in [0, 0.1) is 5.41 Å². The monoisotopic (exact) mass is 247 g/mol. The number of fused-ring (bicyclic) bond motifs is 3. The molecule has 0 aromatic heterocycles. The average molecular weight is 247 g/mol. The second-order valence-electron chi connectivity index (χ2n) is 3.98. The van der Waals surface area contributed by atoms with Gasteiger partial charge in [-0.25, -0.2) is 0 Å². The number of thioether (sulfide) groups is 1. The summed E-state index contributed by atoms with van der Waals surface area (Å²) >= 11 is 1.48. The van der Waals surface area contributed by atoms with Crippen LogP contribution in [-0.2, 0) is 0 Å². The summed E-state index contributed by atoms with van der Waals surface area (Å²) in [6.45, 7) is 1.76. The standard InChI is InChI=1S/C12H13N3OS/c1-16-8-3-4-9-10(7-8)17-12(13)15-6-2-5-14-11(9)15/h3-4,7,13H,2,5-6H2,1H3. The van der Waals surface area contributed by atoms with E-state index in [2.05, 4.69) is 4.99 Å². The van der Waals surface area contributed by atoms with Gasteiger partial charge in [-0.05, 0) is 24.6 Å². The molecule has 0 unspecified atom stereocenters. The van der Waals surface area contributed by atoms with E-state index in [0.29, 0.717) is 5.17 Å². The molecule has 2 aliphatic rings. The molecule has 0 atom stereocenters. The average Bonchev–Trinajstić information content (AvgIpc) is 2.38. The topological polar surface area (TPSA) is 48.7 Å². The van der Waals surface area contributed by atoms with Crippen molar-refractivity contribution >= 4 is 22.8 Å². The van der Waals surface area contributed by atoms with E-state index >= 15 is 0 Å². The third kappa shape index (κ3) is 1.70. The fourth-order valence-corrected chi connectivity index (χ4v) is 3.03. The normalized spacial score (nSPS) is 18.3. The van der Waals surface area contributed by atoms with Crippen LogP contribution >= 0.6 is 11.8 Å². The SMILES string of the molecule is COc1ccc2c(c1)SC(=N)N1CCCN=C21. The molecular formula is C12H13N3OS. The van der Waals surface area contributed by atoms with Crippen molar-refractivity contribution in [1.29, 1.82) is 5.41 Å². The number of hydrogen-bond donors (Lipinski definition) is 1. The first-order chi connectivity index (χ1) is 8.29. The Labute approximate surface area is 104 Å². The molecule has 0 amide bonds. The number of nitrogens with zero attached hydrogens (tertiary/aromatic N) is 2. The van der Waals surface area contributed by atoms with Crippen LogP contribution in [0.1, 0.15) is 12.0 Å². The highest BCUT2D eigenvalue weighted by Crippen LogP contribution is 2.35. The second kappa shape index (κ2) is 4.07. The van der Waals surface area contributed by atoms with Gasteiger partial charge in [-0.15, -0.1) is 0 Å². The molecule has 2 aliphatic heterocycles. The van der Waals surface area contributed by atoms with Gasteiger partial charge < -0.3 is 9.64 Å². The lowest BCUT2D eigenvalue weighted by Crippen LogP contribution is -2.42. The number of nitrogens with one attached hydrogen (secondary N) is 1. The van der Waals surface area contributed by atoms with Crippen LogP contribution in [0.4, 0.5) is 0 Å². The van der Waals surface area contributed by atoms with E-state index in [9.17, 15) is 0 Å². The molecule has 0 bridgehead atoms. The predicted molar refractivity (Wildman–Crippen MR) is 69.3 cm³/mol. The first-order valence-corrected chi connectivity index (χ1v) is 6.38. The predicted octanol–water partition coefficient (Wildman–Crippen LogP) is 2.19. The molecular weight excluding hydrogens is 234 g/mol. The van der Waals surface area contributed by atoms with Gasteiger partial charge in [0.05, 0.1) is 7.11 Å². The number of amidine groups is 2. The van der Waals surface area contributed by atoms with Crippen molar-refractivity contribution in [2.45, 2.75) is 11.3 Å². The highest BCUT2D eigenvalue weighted by Gasteiger charge is 2.29. The molecule has 0 radical (unpaired) electrons. The minimum atomic E-state index is 0.559. The number of hydrogen-bond acceptors (Lipinski definition) is 4. The largest absolute Gasteiger partial charge is 0.497 e. The van der Waals surface area contributed by atoms with Crippen LogP contribution in [0.2, 0.25) is 0 Å². The highest BCUT2D eigenvalue weighted by atomic mass is 32.2. The third-order valence-electron chi connectivity index (χ3n) is 2.94. The minimum absolute atomic E-state index is 0.559. The van der Waals surface area contributed by atoms with Crippen LogP contribution in [0.25, 0.3) is 0 Å². The molecule has 88 valence electrons. The van der Waals surface area contributed by atoms with E-state index < -0.39 is 0 Å². The summed E-state index contributed by atoms with van der Waals surface area (Å²) in [7, 11) is 1.66. The van der Waals surface area contributed by atoms with Gasteiger partial charge in [0.15, 0.2) is 5.17 Å². The van der Waals surface area contributed by atoms with Crippen molar-refractivity contribution in [3.63, 3.8) is 0 Å². The van der Waals surface area contributed by atoms with Crippen LogP contribution < -0.4 is 4.74 Å². The molecule has 1 aromatic rings. The molecule has 0 saturated heterocycles. The van der Waals surface area contributed by atoms with Gasteiger partial charge in [0.2, 0.25) is 0 Å². The van der Waals surface area contributed by atoms with Crippen molar-refractivity contribution in [1.82, 2.24) is 4.90 Å². The van der Waals surface area contributed by atoms with Crippen LogP contribution in [-0.4, -0.2) is 36.1 Å². The third-order valence-corrected chi connectivity index (χ3v) is 3.91. The van der Waals surface area contributed by atoms with Gasteiger partial charge in [0.25, 0.3) is 0 Å². The Morgan fingerprint density at radius 3 is 3.18 bits per heavy atom. The van der Waals surface area contributed by atoms with Crippen LogP contribution in [0.15, 0.2) is 28.1 Å². The fraction of sp³-hybridized carbons (Fsp3) is 0.333. The Morgan fingerprint density at radius 1 is 1.47 bits per heavy atom. The summed E-state index contributed by atoms with van der Waals surface area (Å²) in [6.07, 6.45) is 1.03. The number of rotatable bonds is 1. The van der Waals surface area contributed by atoms with E-state index in [1.807, 2.05) is 23.1 Å². The minimum Gasteiger partial charge on any atom is -0.497 e. The number of benzene rings is 1. The summed E-state index contributed by atoms with van der Waals surface area (Å²) in [5.74, 6) is 1.77. The maximum absolute atomic E-state index is 8.04. The van der Waals surface area contributed by atoms with E-state index in [4.69, 9.17) is 10.1 Å². The summed E-state index contributed by atoms with van der Waals surface area (Å²) < 4.78 is 5.21. The Bertz CT molecular complexity index is 512. The number of aliphatic imine (C=N–C) groups is 1. The summed E-state index contributed by atoms with van der Waals surface area (Å²) in [5, 5.41) is 8.60. The van der Waals surface area contributed by atoms with E-state index in [0.717, 1.165) is 41.6 Å². The molecule has 0 fully saturated rings. The Morgan fingerprint density at radius 2 is 2.35 bits per heavy atom. The van der Waals surface area contributed by atoms with Crippen molar-refractivity contribution in [2.24, 2.45) is 4.99 Å². The molecule has 1 aromatic carbocycles. The molecule has 5 heteroatoms. The lowest BCUT2D eigenvalue weighted by Gasteiger charge is -2.34. The molecule has 17 heavy (non-hydrogen) atoms. The Balaban J connectivity index is 2.11. The van der Waals surface area contributed by atoms with E-state index in [1.165, 1.54) is 11.8 Å². The van der Waals surface area contributed by atoms with Crippen molar-refractivity contribution in [3.8, 4) is 5.75 Å². The zero-order chi connectivity index (χ0) is 11.8. The number of ether oxygens (including phenoxy) is 1. The van der Waals surface area contributed by atoms with Gasteiger partial charge in [-0.2, -0.15) is 0 Å². The Kier molecular flexibility index (Phi) is 2.55. The van der Waals surface area contributed by atoms with E-state index in [1.54, 1.807) is 7.11 Å². The molecule has 0 saturated carbocycles. The first kappa shape index (κ1) is 10.7. The lowest BCUT2D eigenvalue weighted by molar-refractivity contribution is 0.413. The van der Waals surface area contributed by atoms with Gasteiger partial charge in [0.1, 0.15) is 11.6 Å². The van der Waals surface area contributed by atoms with Gasteiger partial charge in [-0.1, -0.05) is 11.8 Å². The van der Waals surface area contributed by atoms with Crippen LogP contribution in [0.5, 0.6) is 5.75 Å². The molecule has 4 nitrogen and oxygen atoms in total. The van der Waals surface area contributed by atoms with Gasteiger partial charge >= 0.3 is 0 Å². The lowest BCUT2D eigenvalue weighted by atomic mass is 10.1. The fourth-order valence-electron chi connectivity index (χ4n) is 2.09. The zero-order valence-electron chi connectivity index (χ0n) is 9.56. The summed E-state index contributed by atoms with van der Waals surface area (Å²) in [4.78, 5) is 7.60. The van der Waals surface area contributed by atoms with Crippen molar-refractivity contribution < 1.29 is 4.74 Å². The molecule has 1 N–H and O–H groups in total. The maximum atomic E-state index is 8.04. The summed E-state index contributed by atoms with van der Waals surface area (Å²) in [5.41, 5.74) is 1.12. The summed E-state index contributed by atoms with van der Waals surface area (Å²) in [6, 6.07) is 5.96. The quantitative estimate of drug-likeness (QED) is 0.827. The smallest absolute Gasteiger partial charge is 0.166 e. The Hall–Kier alpha value is -1.49. The first-order valence-electron chi connectivity index (χ1n) is 5.56. The number of methoxy groups -OCH3 is 1. The highest BCUT2D eigenvalue weighted by molar-refractivity contribution is 8.14. The molecule has 0 aliphatic carbocycles. The van der Waals surface area contributed by atoms with Crippen molar-refractivity contribution in [2.75, 3.05) is 20.2 Å². The molecule has 0 spiro atoms. The second-order valence-corrected chi connectivity index (χ2v) is 5.01. The van der Waals surface area contributed by atoms with E-state index in [-0.39, 0.29) is 0 Å². The molecule has 2 heterocycles. The van der Waals surface area contributed by atoms with Crippen molar-refractivity contribution in [3.05, 3.63) is 23.8 Å². The van der Waals surface area contributed by atoms with Crippen LogP contribution in [0.3, 0.4) is 0 Å². The molecule has 3 rings (SSSR count).